The fraction of sp³-hybridized carbons (Fsp3) is 0.0769. The maximum atomic E-state index is 13.9. The SMILES string of the molecule is O=[N+]([O-])c1ccc(Oc2ccc(C3(c4ccc(Oc5ccc([N+](=O)[O-])cc5C(F)(F)F)cc4)c4ccccc4Oc4ccccc43)cc2)c(C(F)(F)F)c1. The Morgan fingerprint density at radius 2 is 0.889 bits per heavy atom. The Bertz CT molecular complexity index is 2250. The van der Waals surface area contributed by atoms with Crippen LogP contribution in [0, 0.1) is 20.2 Å². The van der Waals surface area contributed by atoms with Crippen molar-refractivity contribution in [2.75, 3.05) is 0 Å². The minimum atomic E-state index is -4.95. The quantitative estimate of drug-likeness (QED) is 0.0864. The molecule has 1 aliphatic rings. The van der Waals surface area contributed by atoms with E-state index in [2.05, 4.69) is 0 Å². The van der Waals surface area contributed by atoms with Gasteiger partial charge in [0.15, 0.2) is 0 Å². The maximum absolute atomic E-state index is 13.9. The number of ether oxygens (including phenoxy) is 3. The van der Waals surface area contributed by atoms with Crippen molar-refractivity contribution in [1.82, 2.24) is 0 Å². The molecular formula is C39H22F6N2O7. The highest BCUT2D eigenvalue weighted by atomic mass is 19.4. The van der Waals surface area contributed by atoms with Gasteiger partial charge in [0.05, 0.1) is 15.3 Å². The molecule has 6 aromatic rings. The van der Waals surface area contributed by atoms with Crippen molar-refractivity contribution in [2.24, 2.45) is 0 Å². The fourth-order valence-corrected chi connectivity index (χ4v) is 6.47. The van der Waals surface area contributed by atoms with Crippen LogP contribution >= 0.6 is 0 Å². The second-order valence-electron chi connectivity index (χ2n) is 12.0. The van der Waals surface area contributed by atoms with Gasteiger partial charge >= 0.3 is 12.4 Å². The molecule has 0 radical (unpaired) electrons. The molecule has 0 N–H and O–H groups in total. The standard InChI is InChI=1S/C39H22F6N2O7/c40-38(41,42)31-21-25(46(48)49)13-19-35(31)52-27-15-9-23(10-16-27)37(29-5-1-3-7-33(29)54-34-8-4-2-6-30(34)37)24-11-17-28(18-12-24)53-36-20-14-26(47(50)51)22-32(36)39(43,44)45/h1-22H. The Labute approximate surface area is 300 Å². The fourth-order valence-electron chi connectivity index (χ4n) is 6.47. The summed E-state index contributed by atoms with van der Waals surface area (Å²) in [7, 11) is 0. The number of nitro groups is 2. The van der Waals surface area contributed by atoms with Crippen molar-refractivity contribution in [3.8, 4) is 34.5 Å². The summed E-state index contributed by atoms with van der Waals surface area (Å²) >= 11 is 0. The molecule has 272 valence electrons. The summed E-state index contributed by atoms with van der Waals surface area (Å²) in [6, 6.07) is 31.0. The molecule has 1 heterocycles. The van der Waals surface area contributed by atoms with Crippen molar-refractivity contribution in [3.63, 3.8) is 0 Å². The summed E-state index contributed by atoms with van der Waals surface area (Å²) in [5.74, 6) is -0.330. The topological polar surface area (TPSA) is 114 Å². The predicted octanol–water partition coefficient (Wildman–Crippen LogP) is 11.6. The zero-order valence-electron chi connectivity index (χ0n) is 27.2. The zero-order valence-corrected chi connectivity index (χ0v) is 27.2. The average Bonchev–Trinajstić information content (AvgIpc) is 3.14. The van der Waals surface area contributed by atoms with Crippen LogP contribution in [-0.4, -0.2) is 9.85 Å². The molecule has 0 amide bonds. The summed E-state index contributed by atoms with van der Waals surface area (Å²) in [5.41, 5.74) is -2.82. The van der Waals surface area contributed by atoms with Crippen LogP contribution in [0.5, 0.6) is 34.5 Å². The molecule has 0 aliphatic carbocycles. The minimum absolute atomic E-state index is 0.00537. The third-order valence-corrected chi connectivity index (χ3v) is 8.79. The lowest BCUT2D eigenvalue weighted by Gasteiger charge is -2.41. The lowest BCUT2D eigenvalue weighted by Crippen LogP contribution is -2.34. The molecule has 0 saturated carbocycles. The van der Waals surface area contributed by atoms with E-state index >= 15 is 0 Å². The molecule has 9 nitrogen and oxygen atoms in total. The molecule has 0 aromatic heterocycles. The van der Waals surface area contributed by atoms with E-state index in [0.717, 1.165) is 24.3 Å². The Morgan fingerprint density at radius 1 is 0.519 bits per heavy atom. The molecule has 0 bridgehead atoms. The van der Waals surface area contributed by atoms with Crippen LogP contribution in [0.15, 0.2) is 133 Å². The van der Waals surface area contributed by atoms with E-state index in [1.165, 1.54) is 24.3 Å². The van der Waals surface area contributed by atoms with Gasteiger partial charge in [0.25, 0.3) is 11.4 Å². The molecule has 15 heteroatoms. The third kappa shape index (κ3) is 6.40. The van der Waals surface area contributed by atoms with Gasteiger partial charge in [-0.1, -0.05) is 60.7 Å². The predicted molar refractivity (Wildman–Crippen MR) is 181 cm³/mol. The van der Waals surface area contributed by atoms with Crippen molar-refractivity contribution in [1.29, 1.82) is 0 Å². The van der Waals surface area contributed by atoms with Crippen molar-refractivity contribution in [2.45, 2.75) is 17.8 Å². The second kappa shape index (κ2) is 13.3. The number of hydrogen-bond acceptors (Lipinski definition) is 7. The smallest absolute Gasteiger partial charge is 0.420 e. The molecule has 0 unspecified atom stereocenters. The third-order valence-electron chi connectivity index (χ3n) is 8.79. The molecule has 54 heavy (non-hydrogen) atoms. The molecule has 0 fully saturated rings. The van der Waals surface area contributed by atoms with Crippen LogP contribution in [0.1, 0.15) is 33.4 Å². The van der Waals surface area contributed by atoms with Crippen molar-refractivity contribution < 1.29 is 50.4 Å². The Kier molecular flexibility index (Phi) is 8.72. The monoisotopic (exact) mass is 744 g/mol. The van der Waals surface area contributed by atoms with Gasteiger partial charge in [-0.15, -0.1) is 0 Å². The van der Waals surface area contributed by atoms with Crippen LogP contribution in [0.2, 0.25) is 0 Å². The summed E-state index contributed by atoms with van der Waals surface area (Å²) in [6.45, 7) is 0. The lowest BCUT2D eigenvalue weighted by molar-refractivity contribution is -0.385. The molecular weight excluding hydrogens is 722 g/mol. The summed E-state index contributed by atoms with van der Waals surface area (Å²) < 4.78 is 101. The molecule has 1 aliphatic heterocycles. The van der Waals surface area contributed by atoms with Gasteiger partial charge in [-0.25, -0.2) is 0 Å². The van der Waals surface area contributed by atoms with Gasteiger partial charge in [-0.2, -0.15) is 26.3 Å². The minimum Gasteiger partial charge on any atom is -0.457 e. The maximum Gasteiger partial charge on any atom is 0.420 e. The van der Waals surface area contributed by atoms with E-state index in [9.17, 15) is 46.6 Å². The summed E-state index contributed by atoms with van der Waals surface area (Å²) in [5, 5.41) is 22.3. The number of alkyl halides is 6. The van der Waals surface area contributed by atoms with Gasteiger partial charge in [-0.3, -0.25) is 20.2 Å². The van der Waals surface area contributed by atoms with Crippen LogP contribution in [0.4, 0.5) is 37.7 Å². The lowest BCUT2D eigenvalue weighted by atomic mass is 9.63. The Morgan fingerprint density at radius 3 is 1.24 bits per heavy atom. The van der Waals surface area contributed by atoms with Crippen LogP contribution in [0.25, 0.3) is 0 Å². The van der Waals surface area contributed by atoms with Crippen molar-refractivity contribution in [3.05, 3.63) is 187 Å². The largest absolute Gasteiger partial charge is 0.457 e. The number of hydrogen-bond donors (Lipinski definition) is 0. The first-order valence-electron chi connectivity index (χ1n) is 15.8. The second-order valence-corrected chi connectivity index (χ2v) is 12.0. The van der Waals surface area contributed by atoms with E-state index < -0.39 is 61.6 Å². The number of para-hydroxylation sites is 2. The van der Waals surface area contributed by atoms with Crippen molar-refractivity contribution >= 4 is 11.4 Å². The van der Waals surface area contributed by atoms with Crippen LogP contribution in [0.3, 0.4) is 0 Å². The van der Waals surface area contributed by atoms with Gasteiger partial charge < -0.3 is 14.2 Å². The Balaban J connectivity index is 1.33. The average molecular weight is 745 g/mol. The van der Waals surface area contributed by atoms with Gasteiger partial charge in [-0.05, 0) is 59.7 Å². The zero-order chi connectivity index (χ0) is 38.4. The van der Waals surface area contributed by atoms with E-state index in [-0.39, 0.29) is 11.5 Å². The first-order valence-corrected chi connectivity index (χ1v) is 15.8. The number of rotatable bonds is 8. The summed E-state index contributed by atoms with van der Waals surface area (Å²) in [4.78, 5) is 20.4. The molecule has 0 atom stereocenters. The molecule has 0 spiro atoms. The van der Waals surface area contributed by atoms with Gasteiger partial charge in [0.1, 0.15) is 45.6 Å². The number of nitro benzene ring substituents is 2. The Hall–Kier alpha value is -6.90. The first-order chi connectivity index (χ1) is 25.7. The molecule has 0 saturated heterocycles. The highest BCUT2D eigenvalue weighted by molar-refractivity contribution is 5.69. The van der Waals surface area contributed by atoms with Crippen LogP contribution < -0.4 is 14.2 Å². The van der Waals surface area contributed by atoms with Gasteiger partial charge in [0.2, 0.25) is 0 Å². The molecule has 7 rings (SSSR count). The summed E-state index contributed by atoms with van der Waals surface area (Å²) in [6.07, 6.45) is -9.91. The van der Waals surface area contributed by atoms with Crippen LogP contribution in [-0.2, 0) is 17.8 Å². The number of halogens is 6. The van der Waals surface area contributed by atoms with E-state index in [1.54, 1.807) is 60.7 Å². The highest BCUT2D eigenvalue weighted by Crippen LogP contribution is 2.55. The normalized spacial score (nSPS) is 13.2. The highest BCUT2D eigenvalue weighted by Gasteiger charge is 2.45. The van der Waals surface area contributed by atoms with E-state index in [4.69, 9.17) is 14.2 Å². The molecule has 6 aromatic carbocycles. The van der Waals surface area contributed by atoms with E-state index in [1.807, 2.05) is 12.1 Å². The number of non-ortho nitro benzene ring substituents is 2. The first kappa shape index (κ1) is 35.5. The van der Waals surface area contributed by atoms with Gasteiger partial charge in [0, 0.05) is 35.4 Å². The number of fused-ring (bicyclic) bond motifs is 2. The van der Waals surface area contributed by atoms with E-state index in [0.29, 0.717) is 45.9 Å². The number of nitrogens with zero attached hydrogens (tertiary/aromatic N) is 2. The number of benzene rings is 6.